The van der Waals surface area contributed by atoms with Crippen molar-refractivity contribution in [2.24, 2.45) is 0 Å². The molecule has 7 nitrogen and oxygen atoms in total. The number of hydrogen-bond acceptors (Lipinski definition) is 6. The van der Waals surface area contributed by atoms with Gasteiger partial charge in [0.2, 0.25) is 5.91 Å². The van der Waals surface area contributed by atoms with Crippen LogP contribution in [0.25, 0.3) is 0 Å². The van der Waals surface area contributed by atoms with E-state index in [-0.39, 0.29) is 11.9 Å². The summed E-state index contributed by atoms with van der Waals surface area (Å²) in [6, 6.07) is -0.350. The molecule has 1 atom stereocenters. The fourth-order valence-corrected chi connectivity index (χ4v) is 2.22. The van der Waals surface area contributed by atoms with Crippen LogP contribution < -0.4 is 15.5 Å². The average molecular weight is 293 g/mol. The van der Waals surface area contributed by atoms with Crippen LogP contribution >= 0.6 is 0 Å². The first-order valence-corrected chi connectivity index (χ1v) is 7.44. The quantitative estimate of drug-likeness (QED) is 0.801. The lowest BCUT2D eigenvalue weighted by Crippen LogP contribution is -2.54. The number of nitrogens with one attached hydrogen (secondary N) is 2. The molecule has 1 unspecified atom stereocenters. The van der Waals surface area contributed by atoms with Crippen LogP contribution in [0.2, 0.25) is 0 Å². The second-order valence-electron chi connectivity index (χ2n) is 4.87. The van der Waals surface area contributed by atoms with Crippen molar-refractivity contribution in [3.05, 3.63) is 12.4 Å². The predicted molar refractivity (Wildman–Crippen MR) is 81.4 cm³/mol. The van der Waals surface area contributed by atoms with E-state index in [2.05, 4.69) is 20.6 Å². The largest absolute Gasteiger partial charge is 0.377 e. The molecule has 1 aliphatic heterocycles. The van der Waals surface area contributed by atoms with E-state index in [0.717, 1.165) is 13.0 Å². The lowest BCUT2D eigenvalue weighted by Gasteiger charge is -2.35. The van der Waals surface area contributed by atoms with E-state index in [1.54, 1.807) is 12.4 Å². The van der Waals surface area contributed by atoms with E-state index in [4.69, 9.17) is 4.74 Å². The number of morpholine rings is 1. The van der Waals surface area contributed by atoms with E-state index in [0.29, 0.717) is 37.9 Å². The van der Waals surface area contributed by atoms with Gasteiger partial charge in [-0.1, -0.05) is 6.92 Å². The Kier molecular flexibility index (Phi) is 5.74. The monoisotopic (exact) mass is 293 g/mol. The molecule has 0 radical (unpaired) electrons. The third-order valence-corrected chi connectivity index (χ3v) is 3.25. The Morgan fingerprint density at radius 2 is 2.33 bits per heavy atom. The number of aromatic nitrogens is 2. The summed E-state index contributed by atoms with van der Waals surface area (Å²) in [6.45, 7) is 7.08. The zero-order valence-corrected chi connectivity index (χ0v) is 12.6. The van der Waals surface area contributed by atoms with E-state index < -0.39 is 0 Å². The van der Waals surface area contributed by atoms with Crippen molar-refractivity contribution in [1.82, 2.24) is 15.3 Å². The summed E-state index contributed by atoms with van der Waals surface area (Å²) in [5, 5.41) is 6.05. The van der Waals surface area contributed by atoms with Crippen molar-refractivity contribution in [2.45, 2.75) is 26.3 Å². The van der Waals surface area contributed by atoms with Crippen molar-refractivity contribution in [3.8, 4) is 0 Å². The number of nitrogens with zero attached hydrogens (tertiary/aromatic N) is 3. The molecule has 116 valence electrons. The second kappa shape index (κ2) is 7.78. The minimum atomic E-state index is -0.350. The maximum atomic E-state index is 12.3. The fourth-order valence-electron chi connectivity index (χ4n) is 2.22. The molecular weight excluding hydrogens is 270 g/mol. The van der Waals surface area contributed by atoms with Crippen molar-refractivity contribution < 1.29 is 9.53 Å². The molecule has 1 aromatic rings. The first-order chi connectivity index (χ1) is 10.3. The molecule has 2 heterocycles. The highest BCUT2D eigenvalue weighted by Crippen LogP contribution is 2.18. The van der Waals surface area contributed by atoms with E-state index >= 15 is 0 Å². The van der Waals surface area contributed by atoms with Crippen LogP contribution in [0.5, 0.6) is 0 Å². The van der Waals surface area contributed by atoms with Crippen LogP contribution in [0.1, 0.15) is 20.3 Å². The van der Waals surface area contributed by atoms with Crippen molar-refractivity contribution in [1.29, 1.82) is 0 Å². The minimum Gasteiger partial charge on any atom is -0.377 e. The van der Waals surface area contributed by atoms with Gasteiger partial charge in [0.05, 0.1) is 25.6 Å². The highest BCUT2D eigenvalue weighted by atomic mass is 16.5. The number of carbonyl (C=O) groups excluding carboxylic acids is 1. The molecule has 0 aliphatic carbocycles. The van der Waals surface area contributed by atoms with Gasteiger partial charge in [-0.2, -0.15) is 0 Å². The first kappa shape index (κ1) is 15.5. The summed E-state index contributed by atoms with van der Waals surface area (Å²) < 4.78 is 5.45. The number of anilines is 2. The van der Waals surface area contributed by atoms with Crippen LogP contribution in [0.4, 0.5) is 11.6 Å². The van der Waals surface area contributed by atoms with Gasteiger partial charge in [0.15, 0.2) is 0 Å². The van der Waals surface area contributed by atoms with Gasteiger partial charge in [-0.15, -0.1) is 0 Å². The molecule has 1 aromatic heterocycles. The summed E-state index contributed by atoms with van der Waals surface area (Å²) in [5.41, 5.74) is 0. The fraction of sp³-hybridized carbons (Fsp3) is 0.643. The lowest BCUT2D eigenvalue weighted by molar-refractivity contribution is -0.124. The molecule has 1 aliphatic rings. The summed E-state index contributed by atoms with van der Waals surface area (Å²) in [7, 11) is 0. The molecule has 7 heteroatoms. The zero-order valence-electron chi connectivity index (χ0n) is 12.6. The van der Waals surface area contributed by atoms with Gasteiger partial charge in [0.25, 0.3) is 0 Å². The number of rotatable bonds is 6. The topological polar surface area (TPSA) is 79.4 Å². The Morgan fingerprint density at radius 3 is 3.10 bits per heavy atom. The molecule has 1 fully saturated rings. The smallest absolute Gasteiger partial charge is 0.245 e. The van der Waals surface area contributed by atoms with E-state index in [1.807, 2.05) is 18.7 Å². The summed E-state index contributed by atoms with van der Waals surface area (Å²) >= 11 is 0. The van der Waals surface area contributed by atoms with Crippen LogP contribution in [-0.2, 0) is 9.53 Å². The number of hydrogen-bond donors (Lipinski definition) is 2. The van der Waals surface area contributed by atoms with Crippen LogP contribution in [0, 0.1) is 0 Å². The highest BCUT2D eigenvalue weighted by molar-refractivity contribution is 5.85. The van der Waals surface area contributed by atoms with Crippen LogP contribution in [0.3, 0.4) is 0 Å². The molecule has 1 amide bonds. The van der Waals surface area contributed by atoms with E-state index in [9.17, 15) is 4.79 Å². The second-order valence-corrected chi connectivity index (χ2v) is 4.87. The van der Waals surface area contributed by atoms with Crippen molar-refractivity contribution in [3.63, 3.8) is 0 Å². The third kappa shape index (κ3) is 4.04. The van der Waals surface area contributed by atoms with Gasteiger partial charge in [-0.05, 0) is 13.3 Å². The molecule has 1 saturated heterocycles. The Bertz CT molecular complexity index is 468. The predicted octanol–water partition coefficient (Wildman–Crippen LogP) is 0.640. The number of ether oxygens (including phenoxy) is 1. The normalized spacial score (nSPS) is 18.4. The zero-order chi connectivity index (χ0) is 15.1. The number of carbonyl (C=O) groups is 1. The van der Waals surface area contributed by atoms with Gasteiger partial charge in [0.1, 0.15) is 17.7 Å². The minimum absolute atomic E-state index is 0.0211. The summed E-state index contributed by atoms with van der Waals surface area (Å²) in [4.78, 5) is 22.9. The molecule has 0 saturated carbocycles. The molecule has 2 rings (SSSR count). The van der Waals surface area contributed by atoms with Gasteiger partial charge in [-0.3, -0.25) is 9.78 Å². The number of amides is 1. The maximum absolute atomic E-state index is 12.3. The van der Waals surface area contributed by atoms with Crippen molar-refractivity contribution in [2.75, 3.05) is 43.1 Å². The van der Waals surface area contributed by atoms with Gasteiger partial charge in [-0.25, -0.2) is 4.98 Å². The Hall–Kier alpha value is -1.89. The lowest BCUT2D eigenvalue weighted by atomic mass is 10.2. The first-order valence-electron chi connectivity index (χ1n) is 7.44. The molecule has 0 spiro atoms. The van der Waals surface area contributed by atoms with Gasteiger partial charge < -0.3 is 20.3 Å². The van der Waals surface area contributed by atoms with Crippen LogP contribution in [-0.4, -0.2) is 54.8 Å². The Labute approximate surface area is 125 Å². The average Bonchev–Trinajstić information content (AvgIpc) is 2.53. The standard InChI is InChI=1S/C14H23N5O2/c1-3-5-17-14(20)11-10-21-7-6-19(11)13-9-15-8-12(18-13)16-4-2/h8-9,11H,3-7,10H2,1-2H3,(H,16,18)(H,17,20). The SMILES string of the molecule is CCCNC(=O)C1COCCN1c1cncc(NCC)n1. The highest BCUT2D eigenvalue weighted by Gasteiger charge is 2.30. The molecule has 0 bridgehead atoms. The molecular formula is C14H23N5O2. The summed E-state index contributed by atoms with van der Waals surface area (Å²) in [6.07, 6.45) is 4.28. The van der Waals surface area contributed by atoms with Gasteiger partial charge in [0, 0.05) is 19.6 Å². The van der Waals surface area contributed by atoms with Crippen LogP contribution in [0.15, 0.2) is 12.4 Å². The Balaban J connectivity index is 2.14. The third-order valence-electron chi connectivity index (χ3n) is 3.25. The van der Waals surface area contributed by atoms with Gasteiger partial charge >= 0.3 is 0 Å². The molecule has 21 heavy (non-hydrogen) atoms. The van der Waals surface area contributed by atoms with Crippen molar-refractivity contribution >= 4 is 17.5 Å². The van der Waals surface area contributed by atoms with E-state index in [1.165, 1.54) is 0 Å². The molecule has 2 N–H and O–H groups in total. The molecule has 0 aromatic carbocycles. The summed E-state index contributed by atoms with van der Waals surface area (Å²) in [5.74, 6) is 1.40. The Morgan fingerprint density at radius 1 is 1.48 bits per heavy atom. The maximum Gasteiger partial charge on any atom is 0.245 e.